The Hall–Kier alpha value is -0.0800. The van der Waals surface area contributed by atoms with Gasteiger partial charge >= 0.3 is 0 Å². The van der Waals surface area contributed by atoms with Gasteiger partial charge in [0.1, 0.15) is 6.10 Å². The monoisotopic (exact) mass is 87.0 g/mol. The van der Waals surface area contributed by atoms with E-state index in [4.69, 9.17) is 5.11 Å². The summed E-state index contributed by atoms with van der Waals surface area (Å²) in [7, 11) is 0. The molecule has 1 radical (unpaired) electrons. The average Bonchev–Trinajstić information content (AvgIpc) is 1.61. The van der Waals surface area contributed by atoms with Crippen molar-refractivity contribution in [3.05, 3.63) is 0 Å². The molecule has 0 aromatic heterocycles. The first-order chi connectivity index (χ1) is 2.80. The predicted octanol–water partition coefficient (Wildman–Crippen LogP) is -0.0598. The Morgan fingerprint density at radius 1 is 1.50 bits per heavy atom. The molecule has 0 aromatic carbocycles. The third-order valence-corrected chi connectivity index (χ3v) is 1.18. The van der Waals surface area contributed by atoms with Gasteiger partial charge in [0.25, 0.3) is 0 Å². The standard InChI is InChI=1S/C4H7O2/c5-3-1-2-4(3)6/h3-5H,1-2H2. The van der Waals surface area contributed by atoms with E-state index >= 15 is 0 Å². The van der Waals surface area contributed by atoms with Gasteiger partial charge in [-0.05, 0) is 12.8 Å². The van der Waals surface area contributed by atoms with Crippen LogP contribution in [0.15, 0.2) is 0 Å². The third-order valence-electron chi connectivity index (χ3n) is 1.18. The van der Waals surface area contributed by atoms with Gasteiger partial charge in [0, 0.05) is 0 Å². The topological polar surface area (TPSA) is 40.1 Å². The first-order valence-electron chi connectivity index (χ1n) is 2.14. The highest BCUT2D eigenvalue weighted by Gasteiger charge is 2.27. The Balaban J connectivity index is 2.20. The van der Waals surface area contributed by atoms with Crippen LogP contribution in [0.3, 0.4) is 0 Å². The summed E-state index contributed by atoms with van der Waals surface area (Å²) in [5.41, 5.74) is 0. The van der Waals surface area contributed by atoms with Crippen molar-refractivity contribution in [2.75, 3.05) is 0 Å². The van der Waals surface area contributed by atoms with E-state index in [0.717, 1.165) is 0 Å². The molecule has 1 aliphatic rings. The van der Waals surface area contributed by atoms with Gasteiger partial charge in [-0.2, -0.15) is 0 Å². The maximum absolute atomic E-state index is 10.1. The summed E-state index contributed by atoms with van der Waals surface area (Å²) < 4.78 is 0. The SMILES string of the molecule is [O]C1CCC1O. The molecule has 0 saturated heterocycles. The quantitative estimate of drug-likeness (QED) is 0.441. The van der Waals surface area contributed by atoms with E-state index in [1.165, 1.54) is 0 Å². The van der Waals surface area contributed by atoms with Crippen molar-refractivity contribution in [1.29, 1.82) is 0 Å². The predicted molar refractivity (Wildman–Crippen MR) is 19.7 cm³/mol. The molecule has 0 aliphatic heterocycles. The molecule has 1 aliphatic carbocycles. The first-order valence-corrected chi connectivity index (χ1v) is 2.14. The van der Waals surface area contributed by atoms with Gasteiger partial charge in [-0.1, -0.05) is 0 Å². The van der Waals surface area contributed by atoms with Crippen molar-refractivity contribution in [3.8, 4) is 0 Å². The third kappa shape index (κ3) is 0.420. The van der Waals surface area contributed by atoms with Crippen LogP contribution in [-0.2, 0) is 5.11 Å². The van der Waals surface area contributed by atoms with Crippen molar-refractivity contribution >= 4 is 0 Å². The van der Waals surface area contributed by atoms with E-state index in [9.17, 15) is 5.11 Å². The Labute approximate surface area is 36.4 Å². The Morgan fingerprint density at radius 3 is 2.00 bits per heavy atom. The highest BCUT2D eigenvalue weighted by atomic mass is 16.3. The van der Waals surface area contributed by atoms with Gasteiger partial charge in [-0.3, -0.25) is 0 Å². The van der Waals surface area contributed by atoms with Crippen molar-refractivity contribution in [2.45, 2.75) is 25.0 Å². The Morgan fingerprint density at radius 2 is 2.00 bits per heavy atom. The van der Waals surface area contributed by atoms with Gasteiger partial charge in [-0.25, -0.2) is 5.11 Å². The van der Waals surface area contributed by atoms with Gasteiger partial charge in [-0.15, -0.1) is 0 Å². The lowest BCUT2D eigenvalue weighted by atomic mass is 9.93. The number of rotatable bonds is 0. The zero-order valence-corrected chi connectivity index (χ0v) is 3.42. The molecule has 1 N–H and O–H groups in total. The number of aliphatic hydroxyl groups is 1. The zero-order valence-electron chi connectivity index (χ0n) is 3.42. The van der Waals surface area contributed by atoms with Crippen molar-refractivity contribution in [3.63, 3.8) is 0 Å². The van der Waals surface area contributed by atoms with E-state index in [0.29, 0.717) is 12.8 Å². The van der Waals surface area contributed by atoms with E-state index in [1.807, 2.05) is 0 Å². The molecule has 2 heteroatoms. The van der Waals surface area contributed by atoms with Crippen LogP contribution in [0.5, 0.6) is 0 Å². The summed E-state index contributed by atoms with van der Waals surface area (Å²) >= 11 is 0. The molecule has 1 saturated carbocycles. The fourth-order valence-corrected chi connectivity index (χ4v) is 0.452. The van der Waals surface area contributed by atoms with Gasteiger partial charge < -0.3 is 5.11 Å². The van der Waals surface area contributed by atoms with Crippen molar-refractivity contribution in [1.82, 2.24) is 0 Å². The van der Waals surface area contributed by atoms with Crippen LogP contribution in [0, 0.1) is 0 Å². The van der Waals surface area contributed by atoms with E-state index in [2.05, 4.69) is 0 Å². The molecule has 2 unspecified atom stereocenters. The summed E-state index contributed by atoms with van der Waals surface area (Å²) in [6, 6.07) is 0. The first kappa shape index (κ1) is 4.09. The smallest absolute Gasteiger partial charge is 0.119 e. The second kappa shape index (κ2) is 1.21. The molecule has 0 spiro atoms. The molecule has 2 nitrogen and oxygen atoms in total. The number of hydrogen-bond acceptors (Lipinski definition) is 1. The summed E-state index contributed by atoms with van der Waals surface area (Å²) in [4.78, 5) is 0. The highest BCUT2D eigenvalue weighted by molar-refractivity contribution is 4.77. The maximum Gasteiger partial charge on any atom is 0.119 e. The maximum atomic E-state index is 10.1. The van der Waals surface area contributed by atoms with Crippen LogP contribution in [0.2, 0.25) is 0 Å². The van der Waals surface area contributed by atoms with Crippen molar-refractivity contribution in [2.24, 2.45) is 0 Å². The lowest BCUT2D eigenvalue weighted by molar-refractivity contribution is -0.0899. The second-order valence-corrected chi connectivity index (χ2v) is 1.68. The summed E-state index contributed by atoms with van der Waals surface area (Å²) in [6.07, 6.45) is 0.199. The van der Waals surface area contributed by atoms with Crippen LogP contribution < -0.4 is 0 Å². The van der Waals surface area contributed by atoms with Crippen LogP contribution in [-0.4, -0.2) is 17.3 Å². The van der Waals surface area contributed by atoms with Crippen LogP contribution in [0.4, 0.5) is 0 Å². The molecule has 0 heterocycles. The van der Waals surface area contributed by atoms with Crippen LogP contribution >= 0.6 is 0 Å². The minimum absolute atomic E-state index is 0.523. The summed E-state index contributed by atoms with van der Waals surface area (Å²) in [5, 5.41) is 18.5. The van der Waals surface area contributed by atoms with Gasteiger partial charge in [0.15, 0.2) is 0 Å². The van der Waals surface area contributed by atoms with Gasteiger partial charge in [0.05, 0.1) is 6.10 Å². The lowest BCUT2D eigenvalue weighted by Gasteiger charge is -2.24. The number of hydrogen-bond donors (Lipinski definition) is 1. The molecule has 0 aromatic rings. The molecular weight excluding hydrogens is 80.0 g/mol. The molecule has 1 rings (SSSR count). The minimum Gasteiger partial charge on any atom is -0.390 e. The zero-order chi connectivity index (χ0) is 4.57. The average molecular weight is 87.1 g/mol. The van der Waals surface area contributed by atoms with Crippen LogP contribution in [0.1, 0.15) is 12.8 Å². The van der Waals surface area contributed by atoms with E-state index in [1.54, 1.807) is 0 Å². The molecule has 35 valence electrons. The largest absolute Gasteiger partial charge is 0.390 e. The molecule has 2 atom stereocenters. The molecule has 0 amide bonds. The normalized spacial score (nSPS) is 45.0. The van der Waals surface area contributed by atoms with Crippen molar-refractivity contribution < 1.29 is 10.2 Å². The van der Waals surface area contributed by atoms with Crippen LogP contribution in [0.25, 0.3) is 0 Å². The second-order valence-electron chi connectivity index (χ2n) is 1.68. The molecule has 6 heavy (non-hydrogen) atoms. The fourth-order valence-electron chi connectivity index (χ4n) is 0.452. The van der Waals surface area contributed by atoms with E-state index in [-0.39, 0.29) is 0 Å². The lowest BCUT2D eigenvalue weighted by Crippen LogP contribution is -2.34. The Bertz CT molecular complexity index is 45.5. The molecular formula is C4H7O2. The van der Waals surface area contributed by atoms with E-state index < -0.39 is 12.2 Å². The fraction of sp³-hybridized carbons (Fsp3) is 1.00. The molecule has 0 bridgehead atoms. The highest BCUT2D eigenvalue weighted by Crippen LogP contribution is 2.18. The number of aliphatic hydroxyl groups excluding tert-OH is 1. The van der Waals surface area contributed by atoms with Gasteiger partial charge in [0.2, 0.25) is 0 Å². The summed E-state index contributed by atoms with van der Waals surface area (Å²) in [5.74, 6) is 0. The minimum atomic E-state index is -0.662. The molecule has 1 fully saturated rings. The Kier molecular flexibility index (Phi) is 0.821. The summed E-state index contributed by atoms with van der Waals surface area (Å²) in [6.45, 7) is 0.